The number of H-pyrrole nitrogens is 1. The number of amides is 1. The van der Waals surface area contributed by atoms with Gasteiger partial charge in [0.15, 0.2) is 0 Å². The van der Waals surface area contributed by atoms with Crippen molar-refractivity contribution in [2.75, 3.05) is 13.7 Å². The van der Waals surface area contributed by atoms with Crippen molar-refractivity contribution in [1.29, 1.82) is 0 Å². The lowest BCUT2D eigenvalue weighted by Gasteiger charge is -2.16. The van der Waals surface area contributed by atoms with Gasteiger partial charge in [0, 0.05) is 25.2 Å². The first-order chi connectivity index (χ1) is 8.45. The fraction of sp³-hybridized carbons (Fsp3) is 0.455. The van der Waals surface area contributed by atoms with Crippen molar-refractivity contribution < 1.29 is 24.5 Å². The van der Waals surface area contributed by atoms with Crippen molar-refractivity contribution in [3.8, 4) is 0 Å². The predicted molar refractivity (Wildman–Crippen MR) is 61.8 cm³/mol. The standard InChI is InChI=1S/C11H16N2O5/c1-6(14)12-5-9(15)10(16)7-3-8(13-4-7)11(17)18-2/h3-4,9-10,13,15-16H,5H2,1-2H3,(H,12,14). The average molecular weight is 256 g/mol. The van der Waals surface area contributed by atoms with Crippen molar-refractivity contribution in [1.82, 2.24) is 10.3 Å². The molecule has 0 spiro atoms. The van der Waals surface area contributed by atoms with Crippen LogP contribution < -0.4 is 5.32 Å². The Bertz CT molecular complexity index is 429. The lowest BCUT2D eigenvalue weighted by molar-refractivity contribution is -0.119. The van der Waals surface area contributed by atoms with Crippen LogP contribution in [0.2, 0.25) is 0 Å². The van der Waals surface area contributed by atoms with E-state index < -0.39 is 18.2 Å². The molecule has 0 saturated carbocycles. The van der Waals surface area contributed by atoms with Gasteiger partial charge >= 0.3 is 5.97 Å². The molecule has 1 aromatic heterocycles. The van der Waals surface area contributed by atoms with Gasteiger partial charge in [0.25, 0.3) is 0 Å². The van der Waals surface area contributed by atoms with E-state index in [-0.39, 0.29) is 18.1 Å². The molecule has 18 heavy (non-hydrogen) atoms. The van der Waals surface area contributed by atoms with E-state index in [1.165, 1.54) is 26.3 Å². The van der Waals surface area contributed by atoms with Crippen molar-refractivity contribution in [2.24, 2.45) is 0 Å². The summed E-state index contributed by atoms with van der Waals surface area (Å²) in [6, 6.07) is 1.38. The van der Waals surface area contributed by atoms with Crippen LogP contribution in [-0.4, -0.2) is 46.8 Å². The number of hydrogen-bond acceptors (Lipinski definition) is 5. The number of hydrogen-bond donors (Lipinski definition) is 4. The van der Waals surface area contributed by atoms with Gasteiger partial charge < -0.3 is 25.3 Å². The zero-order valence-electron chi connectivity index (χ0n) is 10.1. The number of aliphatic hydroxyl groups excluding tert-OH is 2. The molecule has 1 amide bonds. The summed E-state index contributed by atoms with van der Waals surface area (Å²) in [6.07, 6.45) is -0.963. The van der Waals surface area contributed by atoms with Crippen LogP contribution in [0.15, 0.2) is 12.3 Å². The highest BCUT2D eigenvalue weighted by Gasteiger charge is 2.21. The Morgan fingerprint density at radius 1 is 1.50 bits per heavy atom. The normalized spacial score (nSPS) is 13.8. The van der Waals surface area contributed by atoms with Crippen LogP contribution in [0.5, 0.6) is 0 Å². The van der Waals surface area contributed by atoms with Gasteiger partial charge in [-0.25, -0.2) is 4.79 Å². The molecule has 0 aliphatic rings. The summed E-state index contributed by atoms with van der Waals surface area (Å²) in [6.45, 7) is 1.24. The summed E-state index contributed by atoms with van der Waals surface area (Å²) in [5, 5.41) is 21.8. The summed E-state index contributed by atoms with van der Waals surface area (Å²) < 4.78 is 4.50. The summed E-state index contributed by atoms with van der Waals surface area (Å²) in [5.74, 6) is -0.865. The number of aromatic amines is 1. The minimum atomic E-state index is -1.20. The highest BCUT2D eigenvalue weighted by molar-refractivity contribution is 5.87. The van der Waals surface area contributed by atoms with E-state index in [0.29, 0.717) is 5.56 Å². The molecule has 2 atom stereocenters. The molecular weight excluding hydrogens is 240 g/mol. The van der Waals surface area contributed by atoms with Gasteiger partial charge in [-0.05, 0) is 6.07 Å². The van der Waals surface area contributed by atoms with E-state index in [0.717, 1.165) is 0 Å². The number of ether oxygens (including phenoxy) is 1. The van der Waals surface area contributed by atoms with Gasteiger partial charge in [0.1, 0.15) is 17.9 Å². The van der Waals surface area contributed by atoms with Gasteiger partial charge in [-0.2, -0.15) is 0 Å². The van der Waals surface area contributed by atoms with Crippen molar-refractivity contribution >= 4 is 11.9 Å². The molecule has 1 aromatic rings. The van der Waals surface area contributed by atoms with Gasteiger partial charge in [0.2, 0.25) is 5.91 Å². The number of rotatable bonds is 5. The maximum Gasteiger partial charge on any atom is 0.354 e. The molecule has 0 bridgehead atoms. The van der Waals surface area contributed by atoms with E-state index >= 15 is 0 Å². The van der Waals surface area contributed by atoms with E-state index in [1.54, 1.807) is 0 Å². The minimum absolute atomic E-state index is 0.0742. The fourth-order valence-electron chi connectivity index (χ4n) is 1.39. The zero-order valence-corrected chi connectivity index (χ0v) is 10.1. The second-order valence-corrected chi connectivity index (χ2v) is 3.79. The molecule has 4 N–H and O–H groups in total. The second-order valence-electron chi connectivity index (χ2n) is 3.79. The van der Waals surface area contributed by atoms with Crippen LogP contribution in [0.1, 0.15) is 29.1 Å². The molecule has 7 heteroatoms. The lowest BCUT2D eigenvalue weighted by Crippen LogP contribution is -2.34. The van der Waals surface area contributed by atoms with Gasteiger partial charge in [-0.1, -0.05) is 0 Å². The second kappa shape index (κ2) is 6.18. The average Bonchev–Trinajstić information content (AvgIpc) is 2.83. The molecule has 0 radical (unpaired) electrons. The molecule has 1 rings (SSSR count). The largest absolute Gasteiger partial charge is 0.464 e. The maximum atomic E-state index is 11.2. The Morgan fingerprint density at radius 3 is 2.72 bits per heavy atom. The number of carbonyl (C=O) groups is 2. The van der Waals surface area contributed by atoms with Gasteiger partial charge in [-0.15, -0.1) is 0 Å². The third-order valence-corrected chi connectivity index (χ3v) is 2.38. The SMILES string of the molecule is COC(=O)c1cc(C(O)C(O)CNC(C)=O)c[nH]1. The third kappa shape index (κ3) is 3.57. The monoisotopic (exact) mass is 256 g/mol. The number of methoxy groups -OCH3 is 1. The number of esters is 1. The van der Waals surface area contributed by atoms with E-state index in [4.69, 9.17) is 0 Å². The molecule has 0 aromatic carbocycles. The quantitative estimate of drug-likeness (QED) is 0.522. The van der Waals surface area contributed by atoms with Crippen LogP contribution in [0, 0.1) is 0 Å². The van der Waals surface area contributed by atoms with Crippen LogP contribution in [0.4, 0.5) is 0 Å². The lowest BCUT2D eigenvalue weighted by atomic mass is 10.1. The Hall–Kier alpha value is -1.86. The smallest absolute Gasteiger partial charge is 0.354 e. The first-order valence-electron chi connectivity index (χ1n) is 5.33. The van der Waals surface area contributed by atoms with Crippen molar-refractivity contribution in [3.63, 3.8) is 0 Å². The van der Waals surface area contributed by atoms with Crippen LogP contribution in [0.25, 0.3) is 0 Å². The number of nitrogens with one attached hydrogen (secondary N) is 2. The van der Waals surface area contributed by atoms with Crippen molar-refractivity contribution in [2.45, 2.75) is 19.1 Å². The molecule has 0 aliphatic heterocycles. The topological polar surface area (TPSA) is 112 Å². The molecule has 0 aliphatic carbocycles. The fourth-order valence-corrected chi connectivity index (χ4v) is 1.39. The molecule has 100 valence electrons. The summed E-state index contributed by atoms with van der Waals surface area (Å²) in [5.41, 5.74) is 0.520. The molecule has 0 fully saturated rings. The molecular formula is C11H16N2O5. The van der Waals surface area contributed by atoms with Crippen LogP contribution in [0.3, 0.4) is 0 Å². The van der Waals surface area contributed by atoms with E-state index in [2.05, 4.69) is 15.0 Å². The maximum absolute atomic E-state index is 11.2. The predicted octanol–water partition coefficient (Wildman–Crippen LogP) is -0.668. The minimum Gasteiger partial charge on any atom is -0.464 e. The first-order valence-corrected chi connectivity index (χ1v) is 5.33. The van der Waals surface area contributed by atoms with Crippen LogP contribution in [-0.2, 0) is 9.53 Å². The molecule has 0 saturated heterocycles. The molecule has 2 unspecified atom stereocenters. The number of carbonyl (C=O) groups excluding carboxylic acids is 2. The third-order valence-electron chi connectivity index (χ3n) is 2.38. The highest BCUT2D eigenvalue weighted by Crippen LogP contribution is 2.18. The Labute approximate surface area is 104 Å². The summed E-state index contributed by atoms with van der Waals surface area (Å²) in [7, 11) is 1.24. The molecule has 1 heterocycles. The van der Waals surface area contributed by atoms with Crippen LogP contribution >= 0.6 is 0 Å². The number of aromatic nitrogens is 1. The highest BCUT2D eigenvalue weighted by atomic mass is 16.5. The summed E-state index contributed by atoms with van der Waals surface area (Å²) >= 11 is 0. The molecule has 7 nitrogen and oxygen atoms in total. The Kier molecular flexibility index (Phi) is 4.87. The Balaban J connectivity index is 2.65. The summed E-state index contributed by atoms with van der Waals surface area (Å²) in [4.78, 5) is 24.5. The zero-order chi connectivity index (χ0) is 13.7. The van der Waals surface area contributed by atoms with Crippen molar-refractivity contribution in [3.05, 3.63) is 23.5 Å². The first kappa shape index (κ1) is 14.2. The van der Waals surface area contributed by atoms with Gasteiger partial charge in [0.05, 0.1) is 7.11 Å². The van der Waals surface area contributed by atoms with E-state index in [9.17, 15) is 19.8 Å². The van der Waals surface area contributed by atoms with Gasteiger partial charge in [-0.3, -0.25) is 4.79 Å². The Morgan fingerprint density at radius 2 is 2.17 bits per heavy atom. The number of aliphatic hydroxyl groups is 2. The van der Waals surface area contributed by atoms with E-state index in [1.807, 2.05) is 0 Å².